The molecule has 0 radical (unpaired) electrons. The topological polar surface area (TPSA) is 98.7 Å². The second-order valence-corrected chi connectivity index (χ2v) is 8.49. The minimum absolute atomic E-state index is 0.127. The molecule has 1 amide bonds. The van der Waals surface area contributed by atoms with Crippen LogP contribution in [-0.2, 0) is 11.3 Å². The Morgan fingerprint density at radius 1 is 1.19 bits per heavy atom. The first-order chi connectivity index (χ1) is 14.7. The average molecular weight is 430 g/mol. The van der Waals surface area contributed by atoms with Gasteiger partial charge in [-0.3, -0.25) is 0 Å². The van der Waals surface area contributed by atoms with E-state index in [1.54, 1.807) is 25.6 Å². The Labute approximate surface area is 183 Å². The Bertz CT molecular complexity index is 874. The van der Waals surface area contributed by atoms with Crippen LogP contribution in [0.2, 0.25) is 0 Å². The number of amides is 1. The lowest BCUT2D eigenvalue weighted by Crippen LogP contribution is -2.39. The maximum atomic E-state index is 11.9. The number of ether oxygens (including phenoxy) is 3. The lowest BCUT2D eigenvalue weighted by atomic mass is 10.1. The molecule has 3 heterocycles. The van der Waals surface area contributed by atoms with Gasteiger partial charge in [0, 0.05) is 43.8 Å². The van der Waals surface area contributed by atoms with E-state index in [1.807, 2.05) is 33.8 Å². The van der Waals surface area contributed by atoms with Crippen molar-refractivity contribution in [2.45, 2.75) is 58.8 Å². The number of pyridine rings is 1. The summed E-state index contributed by atoms with van der Waals surface area (Å²) in [6.45, 7) is 9.33. The first-order valence-electron chi connectivity index (χ1n) is 10.4. The van der Waals surface area contributed by atoms with Gasteiger partial charge in [0.05, 0.1) is 19.9 Å². The fourth-order valence-corrected chi connectivity index (χ4v) is 3.27. The zero-order valence-corrected chi connectivity index (χ0v) is 18.8. The Balaban J connectivity index is 1.54. The number of carbonyl (C=O) groups excluding carboxylic acids is 1. The van der Waals surface area contributed by atoms with Crippen LogP contribution < -0.4 is 19.7 Å². The first-order valence-corrected chi connectivity index (χ1v) is 10.4. The number of anilines is 1. The molecular weight excluding hydrogens is 398 g/mol. The predicted octanol–water partition coefficient (Wildman–Crippen LogP) is 3.26. The highest BCUT2D eigenvalue weighted by Gasteiger charge is 2.23. The van der Waals surface area contributed by atoms with E-state index in [1.165, 1.54) is 0 Å². The van der Waals surface area contributed by atoms with Crippen molar-refractivity contribution >= 4 is 11.9 Å². The van der Waals surface area contributed by atoms with Gasteiger partial charge in [-0.25, -0.2) is 19.7 Å². The van der Waals surface area contributed by atoms with Crippen LogP contribution in [0.5, 0.6) is 11.6 Å². The number of methoxy groups -OCH3 is 1. The molecule has 1 N–H and O–H groups in total. The van der Waals surface area contributed by atoms with Gasteiger partial charge in [-0.15, -0.1) is 0 Å². The van der Waals surface area contributed by atoms with Gasteiger partial charge in [-0.1, -0.05) is 0 Å². The molecular formula is C22H31N5O4. The largest absolute Gasteiger partial charge is 0.489 e. The minimum atomic E-state index is -0.544. The van der Waals surface area contributed by atoms with Crippen molar-refractivity contribution in [3.63, 3.8) is 0 Å². The SMILES string of the molecule is COc1ccc(OC2CCN(c3nc(CNC(=O)OC(C)(C)C)ncc3C)CC2)cn1. The van der Waals surface area contributed by atoms with Crippen LogP contribution in [-0.4, -0.2) is 52.9 Å². The summed E-state index contributed by atoms with van der Waals surface area (Å²) < 4.78 is 16.4. The highest BCUT2D eigenvalue weighted by atomic mass is 16.6. The van der Waals surface area contributed by atoms with Crippen LogP contribution in [0.3, 0.4) is 0 Å². The molecule has 1 aliphatic rings. The van der Waals surface area contributed by atoms with E-state index in [4.69, 9.17) is 14.2 Å². The van der Waals surface area contributed by atoms with E-state index in [0.717, 1.165) is 43.1 Å². The fraction of sp³-hybridized carbons (Fsp3) is 0.545. The number of nitrogens with zero attached hydrogens (tertiary/aromatic N) is 4. The maximum absolute atomic E-state index is 11.9. The van der Waals surface area contributed by atoms with E-state index in [9.17, 15) is 4.79 Å². The van der Waals surface area contributed by atoms with Gasteiger partial charge in [0.15, 0.2) is 0 Å². The van der Waals surface area contributed by atoms with E-state index in [0.29, 0.717) is 11.7 Å². The van der Waals surface area contributed by atoms with Gasteiger partial charge in [-0.2, -0.15) is 0 Å². The second-order valence-electron chi connectivity index (χ2n) is 8.49. The summed E-state index contributed by atoms with van der Waals surface area (Å²) in [5.74, 6) is 2.75. The van der Waals surface area contributed by atoms with Crippen LogP contribution >= 0.6 is 0 Å². The smallest absolute Gasteiger partial charge is 0.408 e. The normalized spacial score (nSPS) is 14.8. The molecule has 9 nitrogen and oxygen atoms in total. The summed E-state index contributed by atoms with van der Waals surface area (Å²) in [6, 6.07) is 3.66. The molecule has 168 valence electrons. The van der Waals surface area contributed by atoms with Crippen molar-refractivity contribution in [1.29, 1.82) is 0 Å². The third-order valence-electron chi connectivity index (χ3n) is 4.75. The number of carbonyl (C=O) groups is 1. The number of aromatic nitrogens is 3. The molecule has 9 heteroatoms. The number of nitrogens with one attached hydrogen (secondary N) is 1. The molecule has 3 rings (SSSR count). The van der Waals surface area contributed by atoms with Crippen molar-refractivity contribution in [2.75, 3.05) is 25.1 Å². The fourth-order valence-electron chi connectivity index (χ4n) is 3.27. The molecule has 0 aromatic carbocycles. The molecule has 1 fully saturated rings. The zero-order chi connectivity index (χ0) is 22.4. The molecule has 31 heavy (non-hydrogen) atoms. The average Bonchev–Trinajstić information content (AvgIpc) is 2.73. The van der Waals surface area contributed by atoms with Gasteiger partial charge in [0.1, 0.15) is 29.1 Å². The number of hydrogen-bond donors (Lipinski definition) is 1. The second kappa shape index (κ2) is 9.80. The van der Waals surface area contributed by atoms with Gasteiger partial charge in [0.25, 0.3) is 0 Å². The number of alkyl carbamates (subject to hydrolysis) is 1. The molecule has 2 aromatic rings. The molecule has 0 saturated carbocycles. The summed E-state index contributed by atoms with van der Waals surface area (Å²) in [4.78, 5) is 27.3. The van der Waals surface area contributed by atoms with Crippen molar-refractivity contribution in [3.05, 3.63) is 35.9 Å². The molecule has 0 aliphatic carbocycles. The molecule has 0 bridgehead atoms. The maximum Gasteiger partial charge on any atom is 0.408 e. The molecule has 0 spiro atoms. The summed E-state index contributed by atoms with van der Waals surface area (Å²) in [7, 11) is 1.59. The summed E-state index contributed by atoms with van der Waals surface area (Å²) in [5, 5.41) is 2.71. The summed E-state index contributed by atoms with van der Waals surface area (Å²) in [5.41, 5.74) is 0.456. The van der Waals surface area contributed by atoms with Crippen molar-refractivity contribution in [1.82, 2.24) is 20.3 Å². The van der Waals surface area contributed by atoms with E-state index >= 15 is 0 Å². The predicted molar refractivity (Wildman–Crippen MR) is 116 cm³/mol. The van der Waals surface area contributed by atoms with Crippen molar-refractivity contribution < 1.29 is 19.0 Å². The van der Waals surface area contributed by atoms with Crippen molar-refractivity contribution in [2.24, 2.45) is 0 Å². The Hall–Kier alpha value is -3.10. The number of rotatable bonds is 6. The Morgan fingerprint density at radius 3 is 2.55 bits per heavy atom. The highest BCUT2D eigenvalue weighted by Crippen LogP contribution is 2.24. The Kier molecular flexibility index (Phi) is 7.14. The van der Waals surface area contributed by atoms with E-state index < -0.39 is 11.7 Å². The molecule has 1 saturated heterocycles. The van der Waals surface area contributed by atoms with Crippen molar-refractivity contribution in [3.8, 4) is 11.6 Å². The van der Waals surface area contributed by atoms with Crippen LogP contribution in [0.25, 0.3) is 0 Å². The standard InChI is InChI=1S/C22H31N5O4/c1-15-12-23-18(14-25-21(28)31-22(2,3)4)26-20(15)27-10-8-16(9-11-27)30-17-6-7-19(29-5)24-13-17/h6-7,12-13,16H,8-11,14H2,1-5H3,(H,25,28). The monoisotopic (exact) mass is 429 g/mol. The highest BCUT2D eigenvalue weighted by molar-refractivity contribution is 5.67. The van der Waals surface area contributed by atoms with E-state index in [-0.39, 0.29) is 12.6 Å². The number of piperidine rings is 1. The lowest BCUT2D eigenvalue weighted by molar-refractivity contribution is 0.0522. The minimum Gasteiger partial charge on any atom is -0.489 e. The van der Waals surface area contributed by atoms with Crippen LogP contribution in [0.1, 0.15) is 45.0 Å². The van der Waals surface area contributed by atoms with Crippen LogP contribution in [0.4, 0.5) is 10.6 Å². The molecule has 0 atom stereocenters. The van der Waals surface area contributed by atoms with Crippen LogP contribution in [0, 0.1) is 6.92 Å². The third kappa shape index (κ3) is 6.70. The van der Waals surface area contributed by atoms with Gasteiger partial charge in [0.2, 0.25) is 5.88 Å². The van der Waals surface area contributed by atoms with Gasteiger partial charge in [-0.05, 0) is 33.8 Å². The molecule has 0 unspecified atom stereocenters. The molecule has 1 aliphatic heterocycles. The lowest BCUT2D eigenvalue weighted by Gasteiger charge is -2.33. The van der Waals surface area contributed by atoms with Gasteiger partial charge >= 0.3 is 6.09 Å². The summed E-state index contributed by atoms with van der Waals surface area (Å²) in [6.07, 6.45) is 4.87. The quantitative estimate of drug-likeness (QED) is 0.747. The number of aryl methyl sites for hydroxylation is 1. The number of hydrogen-bond acceptors (Lipinski definition) is 8. The molecule has 2 aromatic heterocycles. The third-order valence-corrected chi connectivity index (χ3v) is 4.75. The van der Waals surface area contributed by atoms with Gasteiger partial charge < -0.3 is 24.4 Å². The van der Waals surface area contributed by atoms with Crippen LogP contribution in [0.15, 0.2) is 24.5 Å². The van der Waals surface area contributed by atoms with E-state index in [2.05, 4.69) is 25.2 Å². The first kappa shape index (κ1) is 22.6. The summed E-state index contributed by atoms with van der Waals surface area (Å²) >= 11 is 0. The zero-order valence-electron chi connectivity index (χ0n) is 18.8. The Morgan fingerprint density at radius 2 is 1.94 bits per heavy atom.